The summed E-state index contributed by atoms with van der Waals surface area (Å²) in [6, 6.07) is 0.0949. The van der Waals surface area contributed by atoms with Crippen molar-refractivity contribution >= 4 is 17.8 Å². The highest BCUT2D eigenvalue weighted by Gasteiger charge is 2.61. The van der Waals surface area contributed by atoms with Gasteiger partial charge in [-0.25, -0.2) is 4.79 Å². The van der Waals surface area contributed by atoms with Crippen molar-refractivity contribution in [1.82, 2.24) is 20.0 Å². The summed E-state index contributed by atoms with van der Waals surface area (Å²) in [6.45, 7) is 10.8. The number of nitrogens with zero attached hydrogens (tertiary/aromatic N) is 3. The number of carbonyl (C=O) groups excluding carboxylic acids is 3. The standard InChI is InChI=1S/C18H30N4O3/c1-5-22-16(24)14-10-21(13(4)23)11-15(14)18(22)6-8-20(9-7-18)17(25)19-12(2)3/h12,14-15H,5-11H2,1-4H3,(H,19,25)/t14-,15+/m0/s1. The lowest BCUT2D eigenvalue weighted by Crippen LogP contribution is -2.59. The molecule has 7 nitrogen and oxygen atoms in total. The molecular formula is C18H30N4O3. The molecule has 0 aromatic carbocycles. The van der Waals surface area contributed by atoms with Crippen molar-refractivity contribution in [3.63, 3.8) is 0 Å². The summed E-state index contributed by atoms with van der Waals surface area (Å²) in [5.41, 5.74) is -0.199. The summed E-state index contributed by atoms with van der Waals surface area (Å²) in [5.74, 6) is 0.365. The van der Waals surface area contributed by atoms with Gasteiger partial charge >= 0.3 is 6.03 Å². The molecule has 0 aliphatic carbocycles. The molecule has 0 bridgehead atoms. The number of likely N-dealkylation sites (tertiary alicyclic amines) is 3. The van der Waals surface area contributed by atoms with Gasteiger partial charge in [-0.3, -0.25) is 9.59 Å². The molecule has 0 radical (unpaired) electrons. The van der Waals surface area contributed by atoms with E-state index in [0.717, 1.165) is 12.8 Å². The molecule has 2 atom stereocenters. The van der Waals surface area contributed by atoms with Crippen LogP contribution in [-0.2, 0) is 9.59 Å². The molecule has 0 aromatic rings. The number of rotatable bonds is 2. The maximum absolute atomic E-state index is 12.9. The van der Waals surface area contributed by atoms with Crippen molar-refractivity contribution in [3.05, 3.63) is 0 Å². The third kappa shape index (κ3) is 2.87. The normalized spacial score (nSPS) is 28.0. The quantitative estimate of drug-likeness (QED) is 0.804. The van der Waals surface area contributed by atoms with Crippen LogP contribution in [0, 0.1) is 11.8 Å². The average molecular weight is 350 g/mol. The van der Waals surface area contributed by atoms with E-state index >= 15 is 0 Å². The number of hydrogen-bond acceptors (Lipinski definition) is 3. The van der Waals surface area contributed by atoms with E-state index in [1.807, 2.05) is 35.5 Å². The number of amides is 4. The van der Waals surface area contributed by atoms with E-state index in [1.54, 1.807) is 6.92 Å². The van der Waals surface area contributed by atoms with Gasteiger partial charge in [-0.05, 0) is 33.6 Å². The van der Waals surface area contributed by atoms with Gasteiger partial charge < -0.3 is 20.0 Å². The van der Waals surface area contributed by atoms with Crippen LogP contribution in [-0.4, -0.2) is 76.8 Å². The van der Waals surface area contributed by atoms with Crippen molar-refractivity contribution in [2.24, 2.45) is 11.8 Å². The highest BCUT2D eigenvalue weighted by molar-refractivity contribution is 5.85. The largest absolute Gasteiger partial charge is 0.342 e. The first-order chi connectivity index (χ1) is 11.8. The Bertz CT molecular complexity index is 569. The lowest BCUT2D eigenvalue weighted by atomic mass is 9.75. The predicted molar refractivity (Wildman–Crippen MR) is 93.8 cm³/mol. The molecule has 140 valence electrons. The fourth-order valence-electron chi connectivity index (χ4n) is 5.02. The zero-order valence-corrected chi connectivity index (χ0v) is 15.7. The van der Waals surface area contributed by atoms with Gasteiger partial charge in [-0.1, -0.05) is 0 Å². The third-order valence-electron chi connectivity index (χ3n) is 6.22. The molecule has 1 N–H and O–H groups in total. The number of hydrogen-bond donors (Lipinski definition) is 1. The van der Waals surface area contributed by atoms with Gasteiger partial charge in [0.2, 0.25) is 11.8 Å². The zero-order valence-electron chi connectivity index (χ0n) is 15.7. The van der Waals surface area contributed by atoms with Crippen LogP contribution in [0.1, 0.15) is 40.5 Å². The Balaban J connectivity index is 1.77. The number of piperidine rings is 1. The molecule has 3 saturated heterocycles. The molecular weight excluding hydrogens is 320 g/mol. The summed E-state index contributed by atoms with van der Waals surface area (Å²) in [5, 5.41) is 2.95. The summed E-state index contributed by atoms with van der Waals surface area (Å²) in [4.78, 5) is 42.7. The van der Waals surface area contributed by atoms with Gasteiger partial charge in [-0.15, -0.1) is 0 Å². The number of fused-ring (bicyclic) bond motifs is 2. The van der Waals surface area contributed by atoms with E-state index in [9.17, 15) is 14.4 Å². The van der Waals surface area contributed by atoms with Crippen LogP contribution in [0.25, 0.3) is 0 Å². The van der Waals surface area contributed by atoms with E-state index in [1.165, 1.54) is 0 Å². The Kier molecular flexibility index (Phi) is 4.68. The average Bonchev–Trinajstić information content (AvgIpc) is 3.08. The molecule has 3 rings (SSSR count). The Morgan fingerprint density at radius 2 is 1.84 bits per heavy atom. The molecule has 3 aliphatic heterocycles. The van der Waals surface area contributed by atoms with E-state index in [4.69, 9.17) is 0 Å². The second-order valence-corrected chi connectivity index (χ2v) is 7.91. The Morgan fingerprint density at radius 3 is 2.36 bits per heavy atom. The van der Waals surface area contributed by atoms with Crippen molar-refractivity contribution in [2.45, 2.75) is 52.1 Å². The molecule has 3 aliphatic rings. The zero-order chi connectivity index (χ0) is 18.4. The smallest absolute Gasteiger partial charge is 0.317 e. The van der Waals surface area contributed by atoms with Gasteiger partial charge in [0, 0.05) is 51.6 Å². The van der Waals surface area contributed by atoms with Crippen molar-refractivity contribution in [2.75, 3.05) is 32.7 Å². The first-order valence-corrected chi connectivity index (χ1v) is 9.42. The minimum Gasteiger partial charge on any atom is -0.342 e. The minimum atomic E-state index is -0.199. The number of carbonyl (C=O) groups is 3. The molecule has 7 heteroatoms. The lowest BCUT2D eigenvalue weighted by Gasteiger charge is -2.47. The second-order valence-electron chi connectivity index (χ2n) is 7.91. The molecule has 3 fully saturated rings. The van der Waals surface area contributed by atoms with Gasteiger partial charge in [-0.2, -0.15) is 0 Å². The fraction of sp³-hybridized carbons (Fsp3) is 0.833. The highest BCUT2D eigenvalue weighted by Crippen LogP contribution is 2.49. The Hall–Kier alpha value is -1.79. The number of urea groups is 1. The van der Waals surface area contributed by atoms with Crippen LogP contribution in [0.15, 0.2) is 0 Å². The van der Waals surface area contributed by atoms with E-state index in [0.29, 0.717) is 32.7 Å². The van der Waals surface area contributed by atoms with Gasteiger partial charge in [0.25, 0.3) is 0 Å². The topological polar surface area (TPSA) is 73.0 Å². The number of nitrogens with one attached hydrogen (secondary N) is 1. The summed E-state index contributed by atoms with van der Waals surface area (Å²) in [6.07, 6.45) is 1.59. The fourth-order valence-corrected chi connectivity index (χ4v) is 5.02. The first kappa shape index (κ1) is 18.0. The Labute approximate surface area is 149 Å². The van der Waals surface area contributed by atoms with E-state index in [-0.39, 0.29) is 41.3 Å². The molecule has 1 spiro atoms. The Morgan fingerprint density at radius 1 is 1.20 bits per heavy atom. The molecule has 25 heavy (non-hydrogen) atoms. The van der Waals surface area contributed by atoms with Crippen LogP contribution >= 0.6 is 0 Å². The minimum absolute atomic E-state index is 0.0226. The molecule has 3 heterocycles. The van der Waals surface area contributed by atoms with E-state index in [2.05, 4.69) is 5.32 Å². The maximum atomic E-state index is 12.9. The summed E-state index contributed by atoms with van der Waals surface area (Å²) in [7, 11) is 0. The van der Waals surface area contributed by atoms with Crippen molar-refractivity contribution in [1.29, 1.82) is 0 Å². The molecule has 0 unspecified atom stereocenters. The second kappa shape index (κ2) is 6.50. The van der Waals surface area contributed by atoms with Crippen LogP contribution in [0.2, 0.25) is 0 Å². The maximum Gasteiger partial charge on any atom is 0.317 e. The lowest BCUT2D eigenvalue weighted by molar-refractivity contribution is -0.136. The van der Waals surface area contributed by atoms with Crippen molar-refractivity contribution in [3.8, 4) is 0 Å². The highest BCUT2D eigenvalue weighted by atomic mass is 16.2. The molecule has 0 aromatic heterocycles. The van der Waals surface area contributed by atoms with Crippen LogP contribution < -0.4 is 5.32 Å². The van der Waals surface area contributed by atoms with Crippen LogP contribution in [0.4, 0.5) is 4.79 Å². The molecule has 0 saturated carbocycles. The predicted octanol–water partition coefficient (Wildman–Crippen LogP) is 0.896. The SMILES string of the molecule is CCN1C(=O)[C@H]2CN(C(C)=O)C[C@H]2C12CCN(C(=O)NC(C)C)CC2. The summed E-state index contributed by atoms with van der Waals surface area (Å²) >= 11 is 0. The van der Waals surface area contributed by atoms with Crippen LogP contribution in [0.5, 0.6) is 0 Å². The van der Waals surface area contributed by atoms with E-state index < -0.39 is 0 Å². The molecule has 4 amide bonds. The third-order valence-corrected chi connectivity index (χ3v) is 6.22. The monoisotopic (exact) mass is 350 g/mol. The van der Waals surface area contributed by atoms with Gasteiger partial charge in [0.15, 0.2) is 0 Å². The van der Waals surface area contributed by atoms with Crippen molar-refractivity contribution < 1.29 is 14.4 Å². The van der Waals surface area contributed by atoms with Gasteiger partial charge in [0.1, 0.15) is 0 Å². The van der Waals surface area contributed by atoms with Gasteiger partial charge in [0.05, 0.1) is 11.5 Å². The first-order valence-electron chi connectivity index (χ1n) is 9.42. The van der Waals surface area contributed by atoms with Crippen LogP contribution in [0.3, 0.4) is 0 Å². The summed E-state index contributed by atoms with van der Waals surface area (Å²) < 4.78 is 0.